The molecule has 0 amide bonds. The highest BCUT2D eigenvalue weighted by molar-refractivity contribution is 5.64. The Bertz CT molecular complexity index is 643. The van der Waals surface area contributed by atoms with Gasteiger partial charge in [0, 0.05) is 18.7 Å². The van der Waals surface area contributed by atoms with Crippen LogP contribution in [-0.2, 0) is 4.74 Å². The van der Waals surface area contributed by atoms with Gasteiger partial charge in [0.2, 0.25) is 0 Å². The summed E-state index contributed by atoms with van der Waals surface area (Å²) in [5.41, 5.74) is 2.47. The fourth-order valence-corrected chi connectivity index (χ4v) is 2.47. The summed E-state index contributed by atoms with van der Waals surface area (Å²) < 4.78 is 5.59. The first-order chi connectivity index (χ1) is 10.4. The molecule has 1 saturated heterocycles. The molecule has 2 heterocycles. The number of aromatic nitrogens is 1. The SMILES string of the molecule is N#Cc1ccc(-c2ccccc2)nc1NCC1CCCO1. The molecule has 2 aromatic rings. The predicted octanol–water partition coefficient (Wildman–Crippen LogP) is 3.21. The Labute approximate surface area is 124 Å². The summed E-state index contributed by atoms with van der Waals surface area (Å²) in [7, 11) is 0. The van der Waals surface area contributed by atoms with E-state index >= 15 is 0 Å². The Balaban J connectivity index is 1.82. The van der Waals surface area contributed by atoms with Crippen LogP contribution in [0.3, 0.4) is 0 Å². The Morgan fingerprint density at radius 1 is 1.24 bits per heavy atom. The first kappa shape index (κ1) is 13.6. The first-order valence-corrected chi connectivity index (χ1v) is 7.19. The third-order valence-electron chi connectivity index (χ3n) is 3.61. The van der Waals surface area contributed by atoms with E-state index in [0.717, 1.165) is 30.7 Å². The second kappa shape index (κ2) is 6.38. The Morgan fingerprint density at radius 2 is 2.10 bits per heavy atom. The van der Waals surface area contributed by atoms with E-state index in [9.17, 15) is 5.26 Å². The van der Waals surface area contributed by atoms with Crippen molar-refractivity contribution in [1.82, 2.24) is 4.98 Å². The minimum absolute atomic E-state index is 0.221. The molecule has 106 valence electrons. The number of pyridine rings is 1. The zero-order valence-electron chi connectivity index (χ0n) is 11.7. The van der Waals surface area contributed by atoms with E-state index in [-0.39, 0.29) is 6.10 Å². The monoisotopic (exact) mass is 279 g/mol. The van der Waals surface area contributed by atoms with Gasteiger partial charge in [-0.3, -0.25) is 0 Å². The molecular formula is C17H17N3O. The minimum atomic E-state index is 0.221. The molecule has 1 aromatic heterocycles. The number of hydrogen-bond donors (Lipinski definition) is 1. The second-order valence-electron chi connectivity index (χ2n) is 5.09. The van der Waals surface area contributed by atoms with Gasteiger partial charge < -0.3 is 10.1 Å². The molecule has 1 unspecified atom stereocenters. The van der Waals surface area contributed by atoms with Crippen LogP contribution in [0, 0.1) is 11.3 Å². The summed E-state index contributed by atoms with van der Waals surface area (Å²) >= 11 is 0. The molecule has 0 saturated carbocycles. The first-order valence-electron chi connectivity index (χ1n) is 7.19. The zero-order chi connectivity index (χ0) is 14.5. The second-order valence-corrected chi connectivity index (χ2v) is 5.09. The lowest BCUT2D eigenvalue weighted by molar-refractivity contribution is 0.120. The van der Waals surface area contributed by atoms with Crippen LogP contribution in [-0.4, -0.2) is 24.2 Å². The maximum Gasteiger partial charge on any atom is 0.144 e. The van der Waals surface area contributed by atoms with Crippen molar-refractivity contribution >= 4 is 5.82 Å². The molecule has 4 nitrogen and oxygen atoms in total. The lowest BCUT2D eigenvalue weighted by Crippen LogP contribution is -2.19. The molecule has 1 N–H and O–H groups in total. The summed E-state index contributed by atoms with van der Waals surface area (Å²) in [6.07, 6.45) is 2.39. The van der Waals surface area contributed by atoms with Crippen LogP contribution in [0.25, 0.3) is 11.3 Å². The van der Waals surface area contributed by atoms with Gasteiger partial charge in [0.15, 0.2) is 0 Å². The van der Waals surface area contributed by atoms with Gasteiger partial charge in [-0.2, -0.15) is 5.26 Å². The minimum Gasteiger partial charge on any atom is -0.376 e. The van der Waals surface area contributed by atoms with Crippen LogP contribution in [0.1, 0.15) is 18.4 Å². The van der Waals surface area contributed by atoms with E-state index in [1.54, 1.807) is 0 Å². The van der Waals surface area contributed by atoms with Gasteiger partial charge in [0.25, 0.3) is 0 Å². The maximum atomic E-state index is 9.21. The maximum absolute atomic E-state index is 9.21. The molecule has 4 heteroatoms. The Kier molecular flexibility index (Phi) is 4.13. The quantitative estimate of drug-likeness (QED) is 0.933. The number of anilines is 1. The van der Waals surface area contributed by atoms with Crippen LogP contribution >= 0.6 is 0 Å². The van der Waals surface area contributed by atoms with Crippen molar-refractivity contribution < 1.29 is 4.74 Å². The standard InChI is InChI=1S/C17H17N3O/c18-11-14-8-9-16(13-5-2-1-3-6-13)20-17(14)19-12-15-7-4-10-21-15/h1-3,5-6,8-9,15H,4,7,10,12H2,(H,19,20). The number of nitrogens with zero attached hydrogens (tertiary/aromatic N) is 2. The molecular weight excluding hydrogens is 262 g/mol. The summed E-state index contributed by atoms with van der Waals surface area (Å²) in [4.78, 5) is 4.59. The molecule has 1 fully saturated rings. The summed E-state index contributed by atoms with van der Waals surface area (Å²) in [5, 5.41) is 12.5. The molecule has 1 atom stereocenters. The zero-order valence-corrected chi connectivity index (χ0v) is 11.7. The van der Waals surface area contributed by atoms with Crippen LogP contribution in [0.4, 0.5) is 5.82 Å². The molecule has 0 spiro atoms. The Morgan fingerprint density at radius 3 is 2.81 bits per heavy atom. The molecule has 3 rings (SSSR count). The van der Waals surface area contributed by atoms with E-state index < -0.39 is 0 Å². The van der Waals surface area contributed by atoms with Crippen molar-refractivity contribution in [2.24, 2.45) is 0 Å². The molecule has 1 aliphatic rings. The molecule has 1 aliphatic heterocycles. The predicted molar refractivity (Wildman–Crippen MR) is 81.9 cm³/mol. The van der Waals surface area contributed by atoms with E-state index in [1.165, 1.54) is 0 Å². The van der Waals surface area contributed by atoms with Gasteiger partial charge in [0.1, 0.15) is 11.9 Å². The number of ether oxygens (including phenoxy) is 1. The Hall–Kier alpha value is -2.38. The number of rotatable bonds is 4. The van der Waals surface area contributed by atoms with Crippen molar-refractivity contribution in [2.45, 2.75) is 18.9 Å². The van der Waals surface area contributed by atoms with Gasteiger partial charge in [-0.05, 0) is 25.0 Å². The van der Waals surface area contributed by atoms with Crippen molar-refractivity contribution in [3.8, 4) is 17.3 Å². The third kappa shape index (κ3) is 3.21. The number of nitriles is 1. The summed E-state index contributed by atoms with van der Waals surface area (Å²) in [6.45, 7) is 1.52. The van der Waals surface area contributed by atoms with Gasteiger partial charge >= 0.3 is 0 Å². The number of nitrogens with one attached hydrogen (secondary N) is 1. The molecule has 0 aliphatic carbocycles. The van der Waals surface area contributed by atoms with Crippen LogP contribution in [0.2, 0.25) is 0 Å². The highest BCUT2D eigenvalue weighted by atomic mass is 16.5. The average molecular weight is 279 g/mol. The van der Waals surface area contributed by atoms with Crippen molar-refractivity contribution in [2.75, 3.05) is 18.5 Å². The molecule has 0 radical (unpaired) electrons. The van der Waals surface area contributed by atoms with Crippen LogP contribution < -0.4 is 5.32 Å². The molecule has 1 aromatic carbocycles. The smallest absolute Gasteiger partial charge is 0.144 e. The summed E-state index contributed by atoms with van der Waals surface area (Å²) in [5.74, 6) is 0.634. The van der Waals surface area contributed by atoms with E-state index in [1.807, 2.05) is 42.5 Å². The van der Waals surface area contributed by atoms with Crippen molar-refractivity contribution in [3.63, 3.8) is 0 Å². The highest BCUT2D eigenvalue weighted by Gasteiger charge is 2.16. The van der Waals surface area contributed by atoms with E-state index in [4.69, 9.17) is 4.74 Å². The fourth-order valence-electron chi connectivity index (χ4n) is 2.47. The van der Waals surface area contributed by atoms with Gasteiger partial charge in [-0.15, -0.1) is 0 Å². The molecule has 0 bridgehead atoms. The summed E-state index contributed by atoms with van der Waals surface area (Å²) in [6, 6.07) is 15.8. The van der Waals surface area contributed by atoms with Crippen molar-refractivity contribution in [3.05, 3.63) is 48.0 Å². The fraction of sp³-hybridized carbons (Fsp3) is 0.294. The third-order valence-corrected chi connectivity index (χ3v) is 3.61. The normalized spacial score (nSPS) is 17.4. The van der Waals surface area contributed by atoms with Crippen LogP contribution in [0.15, 0.2) is 42.5 Å². The van der Waals surface area contributed by atoms with Gasteiger partial charge in [-0.25, -0.2) is 4.98 Å². The lowest BCUT2D eigenvalue weighted by Gasteiger charge is -2.13. The average Bonchev–Trinajstić information content (AvgIpc) is 3.07. The number of hydrogen-bond acceptors (Lipinski definition) is 4. The van der Waals surface area contributed by atoms with Gasteiger partial charge in [0.05, 0.1) is 17.4 Å². The lowest BCUT2D eigenvalue weighted by atomic mass is 10.1. The van der Waals surface area contributed by atoms with E-state index in [2.05, 4.69) is 16.4 Å². The van der Waals surface area contributed by atoms with Crippen molar-refractivity contribution in [1.29, 1.82) is 5.26 Å². The topological polar surface area (TPSA) is 57.9 Å². The van der Waals surface area contributed by atoms with E-state index in [0.29, 0.717) is 17.9 Å². The molecule has 21 heavy (non-hydrogen) atoms. The number of benzene rings is 1. The highest BCUT2D eigenvalue weighted by Crippen LogP contribution is 2.22. The van der Waals surface area contributed by atoms with Gasteiger partial charge in [-0.1, -0.05) is 30.3 Å². The largest absolute Gasteiger partial charge is 0.376 e. The van der Waals surface area contributed by atoms with Crippen LogP contribution in [0.5, 0.6) is 0 Å².